The molecular weight excluding hydrogens is 408 g/mol. The molecule has 2 aromatic carbocycles. The zero-order chi connectivity index (χ0) is 22.6. The molecule has 9 heteroatoms. The van der Waals surface area contributed by atoms with E-state index < -0.39 is 0 Å². The molecule has 32 heavy (non-hydrogen) atoms. The largest absolute Gasteiger partial charge is 0.492 e. The number of rotatable bonds is 7. The summed E-state index contributed by atoms with van der Waals surface area (Å²) in [6.45, 7) is 7.01. The van der Waals surface area contributed by atoms with Crippen LogP contribution in [0, 0.1) is 0 Å². The standard InChI is InChI=1S/C23H24N6O3/c1-23(2,3)22-27-21(32-28-22)19-10-5-4-9-18(19)20(30)26-16-7-6-8-17(13-16)31-12-11-29-15-24-14-25-29/h4-10,13-15H,11-12H2,1-3H3,(H,26,30). The van der Waals surface area contributed by atoms with Gasteiger partial charge in [-0.1, -0.05) is 44.1 Å². The van der Waals surface area contributed by atoms with Crippen LogP contribution in [0.3, 0.4) is 0 Å². The SMILES string of the molecule is CC(C)(C)c1noc(-c2ccccc2C(=O)Nc2cccc(OCCn3cncn3)c2)n1. The first-order valence-electron chi connectivity index (χ1n) is 10.2. The van der Waals surface area contributed by atoms with Crippen LogP contribution in [0.4, 0.5) is 5.69 Å². The third-order valence-electron chi connectivity index (χ3n) is 4.65. The highest BCUT2D eigenvalue weighted by Gasteiger charge is 2.23. The van der Waals surface area contributed by atoms with Gasteiger partial charge in [0.05, 0.1) is 17.7 Å². The van der Waals surface area contributed by atoms with Crippen LogP contribution < -0.4 is 10.1 Å². The maximum Gasteiger partial charge on any atom is 0.258 e. The normalized spacial score (nSPS) is 11.3. The Kier molecular flexibility index (Phi) is 5.98. The highest BCUT2D eigenvalue weighted by molar-refractivity contribution is 6.08. The van der Waals surface area contributed by atoms with Gasteiger partial charge in [-0.05, 0) is 24.3 Å². The van der Waals surface area contributed by atoms with Gasteiger partial charge < -0.3 is 14.6 Å². The van der Waals surface area contributed by atoms with Crippen LogP contribution in [0.15, 0.2) is 65.7 Å². The van der Waals surface area contributed by atoms with Gasteiger partial charge in [0.2, 0.25) is 0 Å². The van der Waals surface area contributed by atoms with Crippen molar-refractivity contribution in [3.8, 4) is 17.2 Å². The van der Waals surface area contributed by atoms with E-state index in [9.17, 15) is 4.79 Å². The molecule has 4 rings (SSSR count). The minimum Gasteiger partial charge on any atom is -0.492 e. The van der Waals surface area contributed by atoms with Crippen molar-refractivity contribution in [1.82, 2.24) is 24.9 Å². The fourth-order valence-electron chi connectivity index (χ4n) is 2.97. The summed E-state index contributed by atoms with van der Waals surface area (Å²) in [6.07, 6.45) is 3.11. The predicted molar refractivity (Wildman–Crippen MR) is 118 cm³/mol. The topological polar surface area (TPSA) is 108 Å². The number of carbonyl (C=O) groups is 1. The second kappa shape index (κ2) is 9.01. The van der Waals surface area contributed by atoms with Crippen molar-refractivity contribution < 1.29 is 14.1 Å². The first-order chi connectivity index (χ1) is 15.4. The van der Waals surface area contributed by atoms with Gasteiger partial charge in [-0.25, -0.2) is 9.67 Å². The van der Waals surface area contributed by atoms with Crippen LogP contribution in [0.2, 0.25) is 0 Å². The third-order valence-corrected chi connectivity index (χ3v) is 4.65. The molecule has 0 saturated heterocycles. The molecule has 0 atom stereocenters. The third kappa shape index (κ3) is 5.00. The second-order valence-electron chi connectivity index (χ2n) is 8.21. The number of benzene rings is 2. The number of ether oxygens (including phenoxy) is 1. The molecule has 4 aromatic rings. The Morgan fingerprint density at radius 1 is 1.16 bits per heavy atom. The molecule has 0 spiro atoms. The number of anilines is 1. The number of hydrogen-bond donors (Lipinski definition) is 1. The minimum atomic E-state index is -0.282. The van der Waals surface area contributed by atoms with E-state index in [1.54, 1.807) is 41.3 Å². The summed E-state index contributed by atoms with van der Waals surface area (Å²) in [5.74, 6) is 1.25. The fraction of sp³-hybridized carbons (Fsp3) is 0.261. The van der Waals surface area contributed by atoms with Gasteiger partial charge in [-0.15, -0.1) is 0 Å². The fourth-order valence-corrected chi connectivity index (χ4v) is 2.97. The van der Waals surface area contributed by atoms with Gasteiger partial charge >= 0.3 is 0 Å². The van der Waals surface area contributed by atoms with Gasteiger partial charge in [-0.3, -0.25) is 4.79 Å². The minimum absolute atomic E-state index is 0.257. The molecule has 1 N–H and O–H groups in total. The van der Waals surface area contributed by atoms with E-state index in [0.717, 1.165) is 0 Å². The number of nitrogens with one attached hydrogen (secondary N) is 1. The zero-order valence-electron chi connectivity index (χ0n) is 18.1. The molecule has 2 aromatic heterocycles. The van der Waals surface area contributed by atoms with Crippen molar-refractivity contribution in [2.45, 2.75) is 32.7 Å². The lowest BCUT2D eigenvalue weighted by Gasteiger charge is -2.11. The first-order valence-corrected chi connectivity index (χ1v) is 10.2. The molecule has 0 fully saturated rings. The molecule has 1 amide bonds. The van der Waals surface area contributed by atoms with E-state index in [0.29, 0.717) is 47.4 Å². The Balaban J connectivity index is 1.47. The maximum absolute atomic E-state index is 13.0. The molecular formula is C23H24N6O3. The number of amides is 1. The van der Waals surface area contributed by atoms with E-state index in [2.05, 4.69) is 25.5 Å². The number of hydrogen-bond acceptors (Lipinski definition) is 7. The summed E-state index contributed by atoms with van der Waals surface area (Å²) in [5.41, 5.74) is 1.37. The second-order valence-corrected chi connectivity index (χ2v) is 8.21. The quantitative estimate of drug-likeness (QED) is 0.471. The van der Waals surface area contributed by atoms with Crippen molar-refractivity contribution in [1.29, 1.82) is 0 Å². The summed E-state index contributed by atoms with van der Waals surface area (Å²) in [7, 11) is 0. The lowest BCUT2D eigenvalue weighted by Crippen LogP contribution is -2.14. The zero-order valence-corrected chi connectivity index (χ0v) is 18.1. The number of carbonyl (C=O) groups excluding carboxylic acids is 1. The molecule has 0 aliphatic rings. The average molecular weight is 432 g/mol. The molecule has 2 heterocycles. The lowest BCUT2D eigenvalue weighted by molar-refractivity contribution is 0.102. The van der Waals surface area contributed by atoms with Crippen LogP contribution in [-0.2, 0) is 12.0 Å². The van der Waals surface area contributed by atoms with E-state index >= 15 is 0 Å². The lowest BCUT2D eigenvalue weighted by atomic mass is 9.96. The Labute approximate surface area is 185 Å². The summed E-state index contributed by atoms with van der Waals surface area (Å²) < 4.78 is 12.9. The van der Waals surface area contributed by atoms with Crippen LogP contribution >= 0.6 is 0 Å². The number of aromatic nitrogens is 5. The summed E-state index contributed by atoms with van der Waals surface area (Å²) in [6, 6.07) is 14.4. The molecule has 9 nitrogen and oxygen atoms in total. The van der Waals surface area contributed by atoms with Gasteiger partial charge in [0.15, 0.2) is 5.82 Å². The van der Waals surface area contributed by atoms with E-state index in [-0.39, 0.29) is 11.3 Å². The van der Waals surface area contributed by atoms with Crippen molar-refractivity contribution >= 4 is 11.6 Å². The molecule has 0 saturated carbocycles. The predicted octanol–water partition coefficient (Wildman–Crippen LogP) is 3.96. The molecule has 0 aliphatic heterocycles. The average Bonchev–Trinajstić information content (AvgIpc) is 3.46. The van der Waals surface area contributed by atoms with E-state index in [1.807, 2.05) is 39.0 Å². The summed E-state index contributed by atoms with van der Waals surface area (Å²) in [5, 5.41) is 11.0. The first kappa shape index (κ1) is 21.2. The van der Waals surface area contributed by atoms with Crippen molar-refractivity contribution in [3.05, 3.63) is 72.6 Å². The molecule has 0 unspecified atom stereocenters. The Morgan fingerprint density at radius 3 is 2.75 bits per heavy atom. The van der Waals surface area contributed by atoms with Gasteiger partial charge in [0.1, 0.15) is 25.0 Å². The number of nitrogens with zero attached hydrogens (tertiary/aromatic N) is 5. The molecule has 0 bridgehead atoms. The Hall–Kier alpha value is -4.01. The highest BCUT2D eigenvalue weighted by Crippen LogP contribution is 2.27. The molecule has 164 valence electrons. The monoisotopic (exact) mass is 432 g/mol. The summed E-state index contributed by atoms with van der Waals surface area (Å²) >= 11 is 0. The van der Waals surface area contributed by atoms with Crippen molar-refractivity contribution in [3.63, 3.8) is 0 Å². The Morgan fingerprint density at radius 2 is 2.00 bits per heavy atom. The van der Waals surface area contributed by atoms with Gasteiger partial charge in [-0.2, -0.15) is 10.1 Å². The molecule has 0 aliphatic carbocycles. The van der Waals surface area contributed by atoms with Crippen LogP contribution in [0.1, 0.15) is 37.0 Å². The maximum atomic E-state index is 13.0. The summed E-state index contributed by atoms with van der Waals surface area (Å²) in [4.78, 5) is 21.4. The van der Waals surface area contributed by atoms with E-state index in [1.165, 1.54) is 6.33 Å². The van der Waals surface area contributed by atoms with Gasteiger partial charge in [0, 0.05) is 17.2 Å². The van der Waals surface area contributed by atoms with Gasteiger partial charge in [0.25, 0.3) is 11.8 Å². The van der Waals surface area contributed by atoms with Crippen molar-refractivity contribution in [2.24, 2.45) is 0 Å². The smallest absolute Gasteiger partial charge is 0.258 e. The Bertz CT molecular complexity index is 1190. The van der Waals surface area contributed by atoms with Crippen LogP contribution in [0.25, 0.3) is 11.5 Å². The van der Waals surface area contributed by atoms with Crippen LogP contribution in [0.5, 0.6) is 5.75 Å². The van der Waals surface area contributed by atoms with Crippen LogP contribution in [-0.4, -0.2) is 37.4 Å². The molecule has 0 radical (unpaired) electrons. The van der Waals surface area contributed by atoms with Crippen molar-refractivity contribution in [2.75, 3.05) is 11.9 Å². The highest BCUT2D eigenvalue weighted by atomic mass is 16.5. The van der Waals surface area contributed by atoms with E-state index in [4.69, 9.17) is 9.26 Å².